The number of nitrogens with two attached hydrogens (primary N) is 1. The van der Waals surface area contributed by atoms with E-state index in [4.69, 9.17) is 10.3 Å². The molecular formula is C15H25N3O. The number of aromatic nitrogens is 2. The Bertz CT molecular complexity index is 430. The van der Waals surface area contributed by atoms with Gasteiger partial charge >= 0.3 is 0 Å². The summed E-state index contributed by atoms with van der Waals surface area (Å²) in [5.41, 5.74) is 6.30. The third-order valence-electron chi connectivity index (χ3n) is 4.68. The third-order valence-corrected chi connectivity index (χ3v) is 4.68. The first-order chi connectivity index (χ1) is 9.11. The van der Waals surface area contributed by atoms with E-state index < -0.39 is 0 Å². The fourth-order valence-electron chi connectivity index (χ4n) is 3.59. The summed E-state index contributed by atoms with van der Waals surface area (Å²) in [5.74, 6) is 2.82. The molecule has 0 bridgehead atoms. The van der Waals surface area contributed by atoms with Crippen LogP contribution in [0.15, 0.2) is 4.52 Å². The van der Waals surface area contributed by atoms with Crippen LogP contribution in [0, 0.1) is 11.8 Å². The van der Waals surface area contributed by atoms with Gasteiger partial charge in [-0.3, -0.25) is 0 Å². The third kappa shape index (κ3) is 2.55. The van der Waals surface area contributed by atoms with Gasteiger partial charge in [0.15, 0.2) is 5.82 Å². The molecule has 1 heterocycles. The highest BCUT2D eigenvalue weighted by molar-refractivity contribution is 5.10. The molecule has 0 saturated heterocycles. The van der Waals surface area contributed by atoms with Gasteiger partial charge in [-0.05, 0) is 43.9 Å². The smallest absolute Gasteiger partial charge is 0.232 e. The summed E-state index contributed by atoms with van der Waals surface area (Å²) in [6, 6.07) is -0.0185. The fourth-order valence-corrected chi connectivity index (χ4v) is 3.59. The van der Waals surface area contributed by atoms with Crippen molar-refractivity contribution in [2.24, 2.45) is 17.6 Å². The lowest BCUT2D eigenvalue weighted by molar-refractivity contribution is 0.243. The quantitative estimate of drug-likeness (QED) is 0.885. The van der Waals surface area contributed by atoms with Crippen LogP contribution >= 0.6 is 0 Å². The Morgan fingerprint density at radius 1 is 1.32 bits per heavy atom. The minimum Gasteiger partial charge on any atom is -0.339 e. The maximum Gasteiger partial charge on any atom is 0.232 e. The predicted octanol–water partition coefficient (Wildman–Crippen LogP) is 3.34. The fraction of sp³-hybridized carbons (Fsp3) is 0.867. The molecule has 1 unspecified atom stereocenters. The van der Waals surface area contributed by atoms with Gasteiger partial charge in [0.2, 0.25) is 5.89 Å². The molecule has 2 aliphatic rings. The second-order valence-corrected chi connectivity index (χ2v) is 6.91. The molecule has 1 aromatic rings. The molecule has 0 aromatic carbocycles. The van der Waals surface area contributed by atoms with Gasteiger partial charge in [-0.2, -0.15) is 4.98 Å². The largest absolute Gasteiger partial charge is 0.339 e. The molecule has 0 radical (unpaired) electrons. The van der Waals surface area contributed by atoms with Gasteiger partial charge in [-0.1, -0.05) is 31.8 Å². The monoisotopic (exact) mass is 263 g/mol. The van der Waals surface area contributed by atoms with Crippen molar-refractivity contribution in [3.63, 3.8) is 0 Å². The van der Waals surface area contributed by atoms with Gasteiger partial charge in [0, 0.05) is 5.41 Å². The van der Waals surface area contributed by atoms with Crippen LogP contribution in [0.2, 0.25) is 0 Å². The zero-order valence-corrected chi connectivity index (χ0v) is 12.1. The van der Waals surface area contributed by atoms with Crippen LogP contribution in [-0.4, -0.2) is 10.1 Å². The molecule has 0 spiro atoms. The van der Waals surface area contributed by atoms with Crippen LogP contribution in [0.25, 0.3) is 0 Å². The Labute approximate surface area is 115 Å². The first kappa shape index (κ1) is 13.1. The van der Waals surface area contributed by atoms with E-state index in [-0.39, 0.29) is 11.5 Å². The van der Waals surface area contributed by atoms with Crippen LogP contribution in [0.1, 0.15) is 76.6 Å². The van der Waals surface area contributed by atoms with Gasteiger partial charge in [0.25, 0.3) is 0 Å². The maximum absolute atomic E-state index is 6.17. The predicted molar refractivity (Wildman–Crippen MR) is 73.6 cm³/mol. The lowest BCUT2D eigenvalue weighted by Crippen LogP contribution is -2.25. The van der Waals surface area contributed by atoms with Crippen LogP contribution in [0.3, 0.4) is 0 Å². The minimum absolute atomic E-state index is 0.0185. The van der Waals surface area contributed by atoms with E-state index in [9.17, 15) is 0 Å². The molecule has 2 fully saturated rings. The first-order valence-electron chi connectivity index (χ1n) is 7.70. The number of hydrogen-bond acceptors (Lipinski definition) is 4. The molecule has 0 amide bonds. The van der Waals surface area contributed by atoms with E-state index in [0.29, 0.717) is 11.8 Å². The molecule has 2 aliphatic carbocycles. The topological polar surface area (TPSA) is 64.9 Å². The SMILES string of the molecule is CC(C)CC1(c2nc(C(N)C3CC3)no2)CCCC1. The van der Waals surface area contributed by atoms with Crippen molar-refractivity contribution < 1.29 is 4.52 Å². The highest BCUT2D eigenvalue weighted by Gasteiger charge is 2.42. The Balaban J connectivity index is 1.82. The Kier molecular flexibility index (Phi) is 3.37. The molecule has 2 N–H and O–H groups in total. The van der Waals surface area contributed by atoms with Crippen molar-refractivity contribution in [1.29, 1.82) is 0 Å². The summed E-state index contributed by atoms with van der Waals surface area (Å²) in [6.45, 7) is 4.54. The number of rotatable bonds is 5. The molecule has 1 aromatic heterocycles. The Hall–Kier alpha value is -0.900. The number of nitrogens with zero attached hydrogens (tertiary/aromatic N) is 2. The van der Waals surface area contributed by atoms with E-state index in [1.165, 1.54) is 38.5 Å². The van der Waals surface area contributed by atoms with Gasteiger partial charge < -0.3 is 10.3 Å². The average molecular weight is 263 g/mol. The van der Waals surface area contributed by atoms with Gasteiger partial charge in [0.1, 0.15) is 0 Å². The molecule has 3 rings (SSSR count). The van der Waals surface area contributed by atoms with E-state index in [2.05, 4.69) is 24.0 Å². The van der Waals surface area contributed by atoms with Crippen molar-refractivity contribution in [3.05, 3.63) is 11.7 Å². The highest BCUT2D eigenvalue weighted by Crippen LogP contribution is 2.45. The molecule has 2 saturated carbocycles. The van der Waals surface area contributed by atoms with Crippen molar-refractivity contribution in [1.82, 2.24) is 10.1 Å². The van der Waals surface area contributed by atoms with Crippen molar-refractivity contribution in [2.45, 2.75) is 70.3 Å². The second kappa shape index (κ2) is 4.89. The van der Waals surface area contributed by atoms with Gasteiger partial charge in [-0.15, -0.1) is 0 Å². The molecule has 19 heavy (non-hydrogen) atoms. The van der Waals surface area contributed by atoms with E-state index in [1.54, 1.807) is 0 Å². The normalized spacial score (nSPS) is 24.0. The van der Waals surface area contributed by atoms with Crippen molar-refractivity contribution >= 4 is 0 Å². The summed E-state index contributed by atoms with van der Waals surface area (Å²) in [6.07, 6.45) is 8.49. The standard InChI is InChI=1S/C15H25N3O/c1-10(2)9-15(7-3-4-8-15)14-17-13(18-19-14)12(16)11-5-6-11/h10-12H,3-9,16H2,1-2H3. The molecular weight excluding hydrogens is 238 g/mol. The molecule has 0 aliphatic heterocycles. The lowest BCUT2D eigenvalue weighted by Gasteiger charge is -2.26. The van der Waals surface area contributed by atoms with E-state index >= 15 is 0 Å². The summed E-state index contributed by atoms with van der Waals surface area (Å²) in [4.78, 5) is 4.68. The van der Waals surface area contributed by atoms with E-state index in [1.807, 2.05) is 0 Å². The van der Waals surface area contributed by atoms with Crippen LogP contribution in [-0.2, 0) is 5.41 Å². The Morgan fingerprint density at radius 2 is 2.00 bits per heavy atom. The second-order valence-electron chi connectivity index (χ2n) is 6.91. The number of hydrogen-bond donors (Lipinski definition) is 1. The summed E-state index contributed by atoms with van der Waals surface area (Å²) < 4.78 is 5.61. The zero-order valence-electron chi connectivity index (χ0n) is 12.1. The molecule has 1 atom stereocenters. The van der Waals surface area contributed by atoms with Crippen LogP contribution < -0.4 is 5.73 Å². The summed E-state index contributed by atoms with van der Waals surface area (Å²) in [5, 5.41) is 4.16. The Morgan fingerprint density at radius 3 is 2.58 bits per heavy atom. The van der Waals surface area contributed by atoms with Crippen molar-refractivity contribution in [2.75, 3.05) is 0 Å². The molecule has 4 nitrogen and oxygen atoms in total. The van der Waals surface area contributed by atoms with Gasteiger partial charge in [-0.25, -0.2) is 0 Å². The summed E-state index contributed by atoms with van der Waals surface area (Å²) in [7, 11) is 0. The first-order valence-corrected chi connectivity index (χ1v) is 7.70. The van der Waals surface area contributed by atoms with E-state index in [0.717, 1.165) is 18.1 Å². The lowest BCUT2D eigenvalue weighted by atomic mass is 9.78. The average Bonchev–Trinajstić information content (AvgIpc) is 2.89. The highest BCUT2D eigenvalue weighted by atomic mass is 16.5. The molecule has 4 heteroatoms. The molecule has 106 valence electrons. The van der Waals surface area contributed by atoms with Crippen LogP contribution in [0.5, 0.6) is 0 Å². The van der Waals surface area contributed by atoms with Gasteiger partial charge in [0.05, 0.1) is 6.04 Å². The zero-order chi connectivity index (χ0) is 13.5. The van der Waals surface area contributed by atoms with Crippen LogP contribution in [0.4, 0.5) is 0 Å². The van der Waals surface area contributed by atoms with Crippen molar-refractivity contribution in [3.8, 4) is 0 Å². The maximum atomic E-state index is 6.17. The summed E-state index contributed by atoms with van der Waals surface area (Å²) >= 11 is 0. The minimum atomic E-state index is -0.0185.